The number of nitrogens with one attached hydrogen (secondary N) is 1. The number of hydrazone groups is 1. The highest BCUT2D eigenvalue weighted by Crippen LogP contribution is 2.55. The fourth-order valence-corrected chi connectivity index (χ4v) is 8.08. The molecule has 328 valence electrons. The molecule has 4 heterocycles. The Hall–Kier alpha value is -5.36. The van der Waals surface area contributed by atoms with Crippen LogP contribution in [0.2, 0.25) is 0 Å². The van der Waals surface area contributed by atoms with Gasteiger partial charge in [-0.05, 0) is 27.0 Å². The Kier molecular flexibility index (Phi) is 14.1. The van der Waals surface area contributed by atoms with E-state index in [9.17, 15) is 40.3 Å². The summed E-state index contributed by atoms with van der Waals surface area (Å²) in [7, 11) is 3.43. The molecule has 1 saturated heterocycles. The van der Waals surface area contributed by atoms with Crippen LogP contribution >= 0.6 is 0 Å². The molecule has 2 aromatic carbocycles. The van der Waals surface area contributed by atoms with Crippen molar-refractivity contribution in [1.29, 1.82) is 0 Å². The van der Waals surface area contributed by atoms with Crippen LogP contribution in [0.4, 0.5) is 5.69 Å². The SMILES string of the molecule is CO[C@H]1/C=C/O[C@@]2(C)Oc3c(C)c(O)c4c(O)c(c(/C=N/N5CCN(C)CC5)c(O)c4c3/C2=N/O)NC(=O)/C(C)=C\C=C\[C@H](C)[C@H](O)[C@@H](C)[C@@H](O)[C@@H](C)[C@H](OC(C)=O)[C@@H]1C. The Bertz CT molecular complexity index is 2110. The number of carbonyl (C=O) groups is 2. The van der Waals surface area contributed by atoms with Gasteiger partial charge in [-0.2, -0.15) is 5.10 Å². The number of allylic oxidation sites excluding steroid dienone is 2. The van der Waals surface area contributed by atoms with Gasteiger partial charge in [0.1, 0.15) is 23.4 Å². The van der Waals surface area contributed by atoms with Crippen molar-refractivity contribution in [2.75, 3.05) is 45.7 Å². The first-order valence-electron chi connectivity index (χ1n) is 20.0. The molecule has 5 bridgehead atoms. The number of amides is 1. The van der Waals surface area contributed by atoms with E-state index in [0.29, 0.717) is 13.1 Å². The molecular formula is C43H59N5O12. The van der Waals surface area contributed by atoms with Crippen LogP contribution in [0.25, 0.3) is 10.8 Å². The molecule has 2 aromatic rings. The van der Waals surface area contributed by atoms with Gasteiger partial charge in [0, 0.05) is 87.3 Å². The molecule has 0 radical (unpaired) electrons. The van der Waals surface area contributed by atoms with Crippen LogP contribution in [0.15, 0.2) is 46.4 Å². The van der Waals surface area contributed by atoms with Crippen LogP contribution in [-0.4, -0.2) is 135 Å². The summed E-state index contributed by atoms with van der Waals surface area (Å²) in [5, 5.41) is 81.4. The van der Waals surface area contributed by atoms with Crippen molar-refractivity contribution < 1.29 is 59.3 Å². The van der Waals surface area contributed by atoms with Gasteiger partial charge in [-0.15, -0.1) is 0 Å². The van der Waals surface area contributed by atoms with E-state index in [-0.39, 0.29) is 50.2 Å². The second-order valence-electron chi connectivity index (χ2n) is 16.2. The number of carbonyl (C=O) groups excluding carboxylic acids is 2. The van der Waals surface area contributed by atoms with Crippen LogP contribution in [0.3, 0.4) is 0 Å². The molecule has 1 amide bonds. The Morgan fingerprint density at radius 1 is 0.967 bits per heavy atom. The van der Waals surface area contributed by atoms with Crippen molar-refractivity contribution in [2.45, 2.75) is 85.6 Å². The van der Waals surface area contributed by atoms with Crippen LogP contribution in [0.1, 0.15) is 65.2 Å². The number of benzene rings is 2. The highest BCUT2D eigenvalue weighted by Gasteiger charge is 2.49. The van der Waals surface area contributed by atoms with E-state index in [1.54, 1.807) is 44.9 Å². The summed E-state index contributed by atoms with van der Waals surface area (Å²) in [5.74, 6) is -7.27. The molecule has 0 aliphatic carbocycles. The average Bonchev–Trinajstić information content (AvgIpc) is 3.51. The fraction of sp³-hybridized carbons (Fsp3) is 0.535. The molecule has 17 nitrogen and oxygen atoms in total. The number of phenolic OH excluding ortho intramolecular Hbond substituents is 3. The van der Waals surface area contributed by atoms with E-state index in [0.717, 1.165) is 13.1 Å². The van der Waals surface area contributed by atoms with Crippen LogP contribution in [0.5, 0.6) is 23.0 Å². The fourth-order valence-electron chi connectivity index (χ4n) is 8.08. The zero-order chi connectivity index (χ0) is 44.4. The number of aliphatic hydroxyl groups is 2. The second-order valence-corrected chi connectivity index (χ2v) is 16.2. The Balaban J connectivity index is 1.73. The van der Waals surface area contributed by atoms with E-state index in [1.165, 1.54) is 59.4 Å². The number of esters is 1. The molecular weight excluding hydrogens is 778 g/mol. The smallest absolute Gasteiger partial charge is 0.302 e. The maximum Gasteiger partial charge on any atom is 0.302 e. The van der Waals surface area contributed by atoms with E-state index < -0.39 is 83.0 Å². The first-order valence-corrected chi connectivity index (χ1v) is 20.0. The highest BCUT2D eigenvalue weighted by molar-refractivity contribution is 6.25. The minimum Gasteiger partial charge on any atom is -0.507 e. The van der Waals surface area contributed by atoms with Gasteiger partial charge in [0.25, 0.3) is 11.7 Å². The van der Waals surface area contributed by atoms with Crippen LogP contribution in [-0.2, 0) is 23.8 Å². The van der Waals surface area contributed by atoms with Crippen molar-refractivity contribution >= 4 is 40.3 Å². The number of hydrogen-bond acceptors (Lipinski definition) is 16. The second kappa shape index (κ2) is 18.5. The molecule has 0 unspecified atom stereocenters. The number of aromatic hydroxyl groups is 3. The number of aliphatic hydroxyl groups excluding tert-OH is 2. The third-order valence-electron chi connectivity index (χ3n) is 12.0. The van der Waals surface area contributed by atoms with Gasteiger partial charge < -0.3 is 59.9 Å². The van der Waals surface area contributed by atoms with Gasteiger partial charge in [0.2, 0.25) is 0 Å². The Morgan fingerprint density at radius 3 is 2.25 bits per heavy atom. The number of methoxy groups -OCH3 is 1. The lowest BCUT2D eigenvalue weighted by Crippen LogP contribution is -2.46. The van der Waals surface area contributed by atoms with Crippen molar-refractivity contribution in [3.05, 3.63) is 52.8 Å². The van der Waals surface area contributed by atoms with Gasteiger partial charge in [-0.25, -0.2) is 0 Å². The normalized spacial score (nSPS) is 32.4. The maximum atomic E-state index is 13.8. The largest absolute Gasteiger partial charge is 0.507 e. The Labute approximate surface area is 349 Å². The summed E-state index contributed by atoms with van der Waals surface area (Å²) < 4.78 is 23.9. The molecule has 4 aliphatic heterocycles. The minimum absolute atomic E-state index is 0.00545. The summed E-state index contributed by atoms with van der Waals surface area (Å²) in [5.41, 5.74) is -0.330. The number of oxime groups is 1. The van der Waals surface area contributed by atoms with Gasteiger partial charge in [0.05, 0.1) is 53.0 Å². The number of phenols is 3. The Morgan fingerprint density at radius 2 is 1.63 bits per heavy atom. The number of hydrogen-bond donors (Lipinski definition) is 7. The monoisotopic (exact) mass is 837 g/mol. The van der Waals surface area contributed by atoms with Gasteiger partial charge in [-0.1, -0.05) is 51.1 Å². The first kappa shape index (κ1) is 45.7. The van der Waals surface area contributed by atoms with Gasteiger partial charge >= 0.3 is 5.97 Å². The molecule has 6 rings (SSSR count). The lowest BCUT2D eigenvalue weighted by molar-refractivity contribution is -0.160. The van der Waals surface area contributed by atoms with Crippen LogP contribution < -0.4 is 10.1 Å². The van der Waals surface area contributed by atoms with E-state index in [1.807, 2.05) is 7.05 Å². The number of rotatable bonds is 4. The highest BCUT2D eigenvalue weighted by atomic mass is 16.7. The topological polar surface area (TPSA) is 236 Å². The molecule has 9 atom stereocenters. The van der Waals surface area contributed by atoms with Crippen molar-refractivity contribution in [1.82, 2.24) is 9.91 Å². The maximum absolute atomic E-state index is 13.8. The van der Waals surface area contributed by atoms with E-state index >= 15 is 0 Å². The summed E-state index contributed by atoms with van der Waals surface area (Å²) >= 11 is 0. The number of anilines is 1. The molecule has 17 heteroatoms. The predicted octanol–water partition coefficient (Wildman–Crippen LogP) is 4.33. The first-order chi connectivity index (χ1) is 28.3. The third kappa shape index (κ3) is 8.89. The van der Waals surface area contributed by atoms with Crippen molar-refractivity contribution in [3.8, 4) is 23.0 Å². The molecule has 1 fully saturated rings. The average molecular weight is 838 g/mol. The number of nitrogens with zero attached hydrogens (tertiary/aromatic N) is 4. The lowest BCUT2D eigenvalue weighted by Gasteiger charge is -2.38. The minimum atomic E-state index is -1.89. The third-order valence-corrected chi connectivity index (χ3v) is 12.0. The zero-order valence-electron chi connectivity index (χ0n) is 35.8. The van der Waals surface area contributed by atoms with Gasteiger partial charge in [0.15, 0.2) is 11.5 Å². The number of ether oxygens (including phenoxy) is 4. The van der Waals surface area contributed by atoms with Crippen LogP contribution in [0, 0.1) is 30.6 Å². The summed E-state index contributed by atoms with van der Waals surface area (Å²) in [6.07, 6.45) is 4.98. The van der Waals surface area contributed by atoms with E-state index in [2.05, 4.69) is 20.5 Å². The molecule has 0 aromatic heterocycles. The zero-order valence-corrected chi connectivity index (χ0v) is 35.8. The number of fused-ring (bicyclic) bond motifs is 14. The lowest BCUT2D eigenvalue weighted by atomic mass is 9.78. The van der Waals surface area contributed by atoms with Crippen molar-refractivity contribution in [2.24, 2.45) is 33.9 Å². The summed E-state index contributed by atoms with van der Waals surface area (Å²) in [4.78, 5) is 28.3. The number of piperazine rings is 1. The summed E-state index contributed by atoms with van der Waals surface area (Å²) in [6, 6.07) is 0. The predicted molar refractivity (Wildman–Crippen MR) is 224 cm³/mol. The molecule has 7 N–H and O–H groups in total. The molecule has 0 spiro atoms. The van der Waals surface area contributed by atoms with Crippen molar-refractivity contribution in [3.63, 3.8) is 0 Å². The molecule has 0 saturated carbocycles. The summed E-state index contributed by atoms with van der Waals surface area (Å²) in [6.45, 7) is 15.2. The quantitative estimate of drug-likeness (QED) is 0.0567. The van der Waals surface area contributed by atoms with Gasteiger partial charge in [-0.3, -0.25) is 14.6 Å². The molecule has 60 heavy (non-hydrogen) atoms. The number of likely N-dealkylation sites (N-methyl/N-ethyl adjacent to an activating group) is 1. The van der Waals surface area contributed by atoms with E-state index in [4.69, 9.17) is 18.9 Å². The molecule has 4 aliphatic rings. The standard InChI is InChI=1S/C43H59N5O12/c1-21-12-11-13-22(2)42(55)45-33-28(20-44-48-17-15-47(9)16-18-48)37(53)30-31(38(33)54)36(52)26(6)40-32(30)41(46-56)43(8,60-40)58-19-14-29(57-10)23(3)39(59-27(7)49)25(5)35(51)24(4)34(21)50/h11-14,19-21,23-25,29,34-35,39,50-54,56H,15-18H2,1-10H3,(H,45,55)/b12-11+,19-14+,22-13-,44-20+,46-41-/t21-,23+,24+,25+,29-,34-,35+,39+,43-/m0/s1.